The maximum atomic E-state index is 11.9. The number of nitrogens with two attached hydrogens (primary N) is 1. The monoisotopic (exact) mass is 234 g/mol. The fourth-order valence-corrected chi connectivity index (χ4v) is 1.46. The molecule has 94 valence electrons. The van der Waals surface area contributed by atoms with Crippen LogP contribution >= 0.6 is 0 Å². The zero-order valence-corrected chi connectivity index (χ0v) is 11.1. The van der Waals surface area contributed by atoms with Crippen molar-refractivity contribution < 1.29 is 4.79 Å². The van der Waals surface area contributed by atoms with Crippen LogP contribution in [0.2, 0.25) is 0 Å². The lowest BCUT2D eigenvalue weighted by Crippen LogP contribution is -2.51. The summed E-state index contributed by atoms with van der Waals surface area (Å²) in [4.78, 5) is 11.9. The van der Waals surface area contributed by atoms with E-state index in [1.807, 2.05) is 45.0 Å². The van der Waals surface area contributed by atoms with Gasteiger partial charge in [0.2, 0.25) is 5.91 Å². The minimum Gasteiger partial charge on any atom is -0.348 e. The summed E-state index contributed by atoms with van der Waals surface area (Å²) in [5, 5.41) is 2.94. The highest BCUT2D eigenvalue weighted by Gasteiger charge is 2.27. The standard InChI is InChI=1S/C14H22N2O/c1-5-14(4,15)13(17)16-11(3)12-8-6-10(2)7-9-12/h6-9,11H,5,15H2,1-4H3,(H,16,17)/t11-,14?/m1/s1. The van der Waals surface area contributed by atoms with Gasteiger partial charge in [-0.05, 0) is 32.8 Å². The predicted octanol–water partition coefficient (Wildman–Crippen LogP) is 2.30. The number of benzene rings is 1. The largest absolute Gasteiger partial charge is 0.348 e. The van der Waals surface area contributed by atoms with Gasteiger partial charge in [0, 0.05) is 0 Å². The molecule has 0 bridgehead atoms. The Hall–Kier alpha value is -1.35. The molecule has 0 heterocycles. The van der Waals surface area contributed by atoms with E-state index in [4.69, 9.17) is 5.73 Å². The number of hydrogen-bond acceptors (Lipinski definition) is 2. The second kappa shape index (κ2) is 5.32. The van der Waals surface area contributed by atoms with Crippen molar-refractivity contribution in [3.8, 4) is 0 Å². The number of carbonyl (C=O) groups excluding carboxylic acids is 1. The highest BCUT2D eigenvalue weighted by molar-refractivity contribution is 5.85. The molecule has 0 aliphatic heterocycles. The lowest BCUT2D eigenvalue weighted by molar-refractivity contribution is -0.126. The van der Waals surface area contributed by atoms with Crippen molar-refractivity contribution in [2.24, 2.45) is 5.73 Å². The molecule has 0 aliphatic carbocycles. The van der Waals surface area contributed by atoms with Crippen molar-refractivity contribution >= 4 is 5.91 Å². The number of aryl methyl sites for hydroxylation is 1. The van der Waals surface area contributed by atoms with Crippen molar-refractivity contribution in [3.63, 3.8) is 0 Å². The maximum absolute atomic E-state index is 11.9. The van der Waals surface area contributed by atoms with Gasteiger partial charge in [-0.2, -0.15) is 0 Å². The average molecular weight is 234 g/mol. The van der Waals surface area contributed by atoms with E-state index in [9.17, 15) is 4.79 Å². The van der Waals surface area contributed by atoms with Gasteiger partial charge in [0.25, 0.3) is 0 Å². The minimum atomic E-state index is -0.793. The van der Waals surface area contributed by atoms with Gasteiger partial charge in [0.1, 0.15) is 0 Å². The predicted molar refractivity (Wildman–Crippen MR) is 70.6 cm³/mol. The Kier molecular flexibility index (Phi) is 4.29. The fraction of sp³-hybridized carbons (Fsp3) is 0.500. The van der Waals surface area contributed by atoms with Gasteiger partial charge >= 0.3 is 0 Å². The summed E-state index contributed by atoms with van der Waals surface area (Å²) in [5.41, 5.74) is 7.41. The van der Waals surface area contributed by atoms with Crippen molar-refractivity contribution in [1.82, 2.24) is 5.32 Å². The van der Waals surface area contributed by atoms with Crippen LogP contribution in [-0.2, 0) is 4.79 Å². The summed E-state index contributed by atoms with van der Waals surface area (Å²) < 4.78 is 0. The molecule has 3 nitrogen and oxygen atoms in total. The molecule has 0 fully saturated rings. The van der Waals surface area contributed by atoms with Crippen LogP contribution in [0.1, 0.15) is 44.4 Å². The van der Waals surface area contributed by atoms with E-state index in [2.05, 4.69) is 5.32 Å². The van der Waals surface area contributed by atoms with Gasteiger partial charge in [0.05, 0.1) is 11.6 Å². The van der Waals surface area contributed by atoms with Crippen molar-refractivity contribution in [2.45, 2.75) is 45.7 Å². The van der Waals surface area contributed by atoms with Crippen LogP contribution in [0, 0.1) is 6.92 Å². The molecule has 0 aromatic heterocycles. The third kappa shape index (κ3) is 3.56. The Bertz CT molecular complexity index is 382. The SMILES string of the molecule is CCC(C)(N)C(=O)N[C@H](C)c1ccc(C)cc1. The van der Waals surface area contributed by atoms with Crippen LogP contribution < -0.4 is 11.1 Å². The Morgan fingerprint density at radius 2 is 1.94 bits per heavy atom. The summed E-state index contributed by atoms with van der Waals surface area (Å²) >= 11 is 0. The molecule has 2 atom stereocenters. The highest BCUT2D eigenvalue weighted by atomic mass is 16.2. The lowest BCUT2D eigenvalue weighted by Gasteiger charge is -2.24. The van der Waals surface area contributed by atoms with Gasteiger partial charge in [-0.15, -0.1) is 0 Å². The second-order valence-electron chi connectivity index (χ2n) is 4.88. The van der Waals surface area contributed by atoms with E-state index in [-0.39, 0.29) is 11.9 Å². The van der Waals surface area contributed by atoms with Crippen molar-refractivity contribution in [1.29, 1.82) is 0 Å². The maximum Gasteiger partial charge on any atom is 0.240 e. The summed E-state index contributed by atoms with van der Waals surface area (Å²) in [6.45, 7) is 7.68. The molecular weight excluding hydrogens is 212 g/mol. The van der Waals surface area contributed by atoms with Gasteiger partial charge in [-0.3, -0.25) is 4.79 Å². The first kappa shape index (κ1) is 13.7. The van der Waals surface area contributed by atoms with Gasteiger partial charge < -0.3 is 11.1 Å². The minimum absolute atomic E-state index is 0.0162. The fourth-order valence-electron chi connectivity index (χ4n) is 1.46. The van der Waals surface area contributed by atoms with Crippen LogP contribution in [0.3, 0.4) is 0 Å². The Balaban J connectivity index is 2.70. The first-order valence-corrected chi connectivity index (χ1v) is 6.03. The quantitative estimate of drug-likeness (QED) is 0.840. The summed E-state index contributed by atoms with van der Waals surface area (Å²) in [7, 11) is 0. The number of amides is 1. The molecule has 17 heavy (non-hydrogen) atoms. The first-order chi connectivity index (χ1) is 7.86. The van der Waals surface area contributed by atoms with Crippen LogP contribution in [-0.4, -0.2) is 11.4 Å². The van der Waals surface area contributed by atoms with Crippen LogP contribution in [0.25, 0.3) is 0 Å². The highest BCUT2D eigenvalue weighted by Crippen LogP contribution is 2.15. The Morgan fingerprint density at radius 1 is 1.41 bits per heavy atom. The van der Waals surface area contributed by atoms with Gasteiger partial charge in [0.15, 0.2) is 0 Å². The topological polar surface area (TPSA) is 55.1 Å². The molecule has 1 amide bonds. The number of carbonyl (C=O) groups is 1. The van der Waals surface area contributed by atoms with E-state index in [0.717, 1.165) is 5.56 Å². The van der Waals surface area contributed by atoms with E-state index < -0.39 is 5.54 Å². The normalized spacial score (nSPS) is 16.1. The molecule has 0 saturated carbocycles. The molecule has 1 aromatic rings. The Labute approximate surface area is 103 Å². The van der Waals surface area contributed by atoms with Crippen molar-refractivity contribution in [2.75, 3.05) is 0 Å². The van der Waals surface area contributed by atoms with Gasteiger partial charge in [-0.25, -0.2) is 0 Å². The molecule has 0 radical (unpaired) electrons. The Morgan fingerprint density at radius 3 is 2.41 bits per heavy atom. The smallest absolute Gasteiger partial charge is 0.240 e. The summed E-state index contributed by atoms with van der Waals surface area (Å²) in [6, 6.07) is 8.12. The average Bonchev–Trinajstić information content (AvgIpc) is 2.29. The molecular formula is C14H22N2O. The summed E-state index contributed by atoms with van der Waals surface area (Å²) in [6.07, 6.45) is 0.624. The lowest BCUT2D eigenvalue weighted by atomic mass is 9.98. The van der Waals surface area contributed by atoms with E-state index in [1.54, 1.807) is 6.92 Å². The van der Waals surface area contributed by atoms with Crippen LogP contribution in [0.5, 0.6) is 0 Å². The first-order valence-electron chi connectivity index (χ1n) is 6.03. The van der Waals surface area contributed by atoms with Crippen molar-refractivity contribution in [3.05, 3.63) is 35.4 Å². The van der Waals surface area contributed by atoms with E-state index in [1.165, 1.54) is 5.56 Å². The van der Waals surface area contributed by atoms with E-state index >= 15 is 0 Å². The molecule has 0 aliphatic rings. The summed E-state index contributed by atoms with van der Waals surface area (Å²) in [5.74, 6) is -0.104. The second-order valence-corrected chi connectivity index (χ2v) is 4.88. The van der Waals surface area contributed by atoms with E-state index in [0.29, 0.717) is 6.42 Å². The molecule has 1 rings (SSSR count). The zero-order valence-electron chi connectivity index (χ0n) is 11.1. The number of hydrogen-bond donors (Lipinski definition) is 2. The zero-order chi connectivity index (χ0) is 13.1. The molecule has 3 heteroatoms. The van der Waals surface area contributed by atoms with Crippen LogP contribution in [0.4, 0.5) is 0 Å². The molecule has 0 spiro atoms. The van der Waals surface area contributed by atoms with Crippen LogP contribution in [0.15, 0.2) is 24.3 Å². The number of nitrogens with one attached hydrogen (secondary N) is 1. The van der Waals surface area contributed by atoms with Gasteiger partial charge in [-0.1, -0.05) is 36.8 Å². The molecule has 1 unspecified atom stereocenters. The third-order valence-electron chi connectivity index (χ3n) is 3.18. The number of rotatable bonds is 4. The molecule has 0 saturated heterocycles. The third-order valence-corrected chi connectivity index (χ3v) is 3.18. The molecule has 3 N–H and O–H groups in total. The molecule has 1 aromatic carbocycles.